The van der Waals surface area contributed by atoms with Crippen LogP contribution in [-0.4, -0.2) is 17.1 Å². The van der Waals surface area contributed by atoms with Gasteiger partial charge in [-0.2, -0.15) is 0 Å². The van der Waals surface area contributed by atoms with E-state index in [2.05, 4.69) is 20.9 Å². The summed E-state index contributed by atoms with van der Waals surface area (Å²) in [6.45, 7) is 0.643. The molecule has 0 atom stereocenters. The number of aliphatic hydroxyl groups excluding tert-OH is 1. The third kappa shape index (κ3) is 3.69. The van der Waals surface area contributed by atoms with Crippen molar-refractivity contribution in [2.75, 3.05) is 11.9 Å². The van der Waals surface area contributed by atoms with Gasteiger partial charge in [0.05, 0.1) is 6.61 Å². The molecule has 0 spiro atoms. The molecule has 0 bridgehead atoms. The van der Waals surface area contributed by atoms with E-state index in [1.165, 1.54) is 0 Å². The van der Waals surface area contributed by atoms with Gasteiger partial charge in [0.25, 0.3) is 0 Å². The predicted octanol–water partition coefficient (Wildman–Crippen LogP) is 3.63. The molecule has 1 N–H and O–H groups in total. The number of nitrogens with zero attached hydrogens (tertiary/aromatic N) is 2. The lowest BCUT2D eigenvalue weighted by Gasteiger charge is -2.21. The SMILES string of the molecule is CN(Cc1cccc(Cl)c1)c1ncc(Br)cc1CO. The summed E-state index contributed by atoms with van der Waals surface area (Å²) in [6, 6.07) is 9.59. The monoisotopic (exact) mass is 340 g/mol. The van der Waals surface area contributed by atoms with Gasteiger partial charge < -0.3 is 10.0 Å². The molecule has 2 aromatic rings. The van der Waals surface area contributed by atoms with Gasteiger partial charge in [0.1, 0.15) is 5.82 Å². The van der Waals surface area contributed by atoms with Crippen LogP contribution in [0.3, 0.4) is 0 Å². The second-order valence-electron chi connectivity index (χ2n) is 4.28. The quantitative estimate of drug-likeness (QED) is 0.922. The maximum Gasteiger partial charge on any atom is 0.134 e. The highest BCUT2D eigenvalue weighted by molar-refractivity contribution is 9.10. The number of pyridine rings is 1. The molecule has 0 aliphatic rings. The number of anilines is 1. The average Bonchev–Trinajstić information content (AvgIpc) is 2.38. The third-order valence-corrected chi connectivity index (χ3v) is 3.42. The van der Waals surface area contributed by atoms with Crippen LogP contribution >= 0.6 is 27.5 Å². The molecule has 5 heteroatoms. The largest absolute Gasteiger partial charge is 0.392 e. The Labute approximate surface area is 126 Å². The van der Waals surface area contributed by atoms with Crippen LogP contribution in [0, 0.1) is 0 Å². The number of halogens is 2. The Morgan fingerprint density at radius 1 is 1.37 bits per heavy atom. The molecule has 0 radical (unpaired) electrons. The molecular formula is C14H14BrClN2O. The van der Waals surface area contributed by atoms with Gasteiger partial charge in [-0.05, 0) is 39.7 Å². The number of aliphatic hydroxyl groups is 1. The highest BCUT2D eigenvalue weighted by Crippen LogP contribution is 2.22. The van der Waals surface area contributed by atoms with Crippen molar-refractivity contribution in [1.29, 1.82) is 0 Å². The summed E-state index contributed by atoms with van der Waals surface area (Å²) in [4.78, 5) is 6.34. The number of rotatable bonds is 4. The van der Waals surface area contributed by atoms with Crippen molar-refractivity contribution in [1.82, 2.24) is 4.98 Å². The summed E-state index contributed by atoms with van der Waals surface area (Å²) in [5, 5.41) is 10.1. The molecule has 1 heterocycles. The van der Waals surface area contributed by atoms with Gasteiger partial charge in [-0.1, -0.05) is 23.7 Å². The Kier molecular flexibility index (Phi) is 4.80. The number of hydrogen-bond donors (Lipinski definition) is 1. The van der Waals surface area contributed by atoms with E-state index in [1.54, 1.807) is 6.20 Å². The van der Waals surface area contributed by atoms with Crippen molar-refractivity contribution < 1.29 is 5.11 Å². The summed E-state index contributed by atoms with van der Waals surface area (Å²) >= 11 is 9.33. The molecule has 0 saturated heterocycles. The summed E-state index contributed by atoms with van der Waals surface area (Å²) in [5.74, 6) is 0.769. The molecule has 0 aliphatic carbocycles. The smallest absolute Gasteiger partial charge is 0.134 e. The van der Waals surface area contributed by atoms with Crippen LogP contribution < -0.4 is 4.90 Å². The van der Waals surface area contributed by atoms with Crippen molar-refractivity contribution in [3.05, 3.63) is 57.2 Å². The molecule has 0 fully saturated rings. The minimum atomic E-state index is -0.0400. The van der Waals surface area contributed by atoms with Crippen LogP contribution in [0.5, 0.6) is 0 Å². The normalized spacial score (nSPS) is 10.5. The number of aromatic nitrogens is 1. The van der Waals surface area contributed by atoms with E-state index in [1.807, 2.05) is 42.3 Å². The van der Waals surface area contributed by atoms with E-state index in [0.29, 0.717) is 6.54 Å². The fourth-order valence-corrected chi connectivity index (χ4v) is 2.51. The van der Waals surface area contributed by atoms with E-state index < -0.39 is 0 Å². The van der Waals surface area contributed by atoms with Crippen molar-refractivity contribution in [2.45, 2.75) is 13.2 Å². The fraction of sp³-hybridized carbons (Fsp3) is 0.214. The molecule has 0 amide bonds. The lowest BCUT2D eigenvalue weighted by Crippen LogP contribution is -2.19. The summed E-state index contributed by atoms with van der Waals surface area (Å²) < 4.78 is 0.858. The zero-order valence-electron chi connectivity index (χ0n) is 10.5. The Morgan fingerprint density at radius 3 is 2.84 bits per heavy atom. The Balaban J connectivity index is 2.22. The van der Waals surface area contributed by atoms with Crippen LogP contribution in [-0.2, 0) is 13.2 Å². The van der Waals surface area contributed by atoms with Crippen molar-refractivity contribution in [3.8, 4) is 0 Å². The van der Waals surface area contributed by atoms with Gasteiger partial charge in [0.2, 0.25) is 0 Å². The fourth-order valence-electron chi connectivity index (χ4n) is 1.92. The van der Waals surface area contributed by atoms with Crippen molar-refractivity contribution in [3.63, 3.8) is 0 Å². The predicted molar refractivity (Wildman–Crippen MR) is 81.4 cm³/mol. The van der Waals surface area contributed by atoms with Gasteiger partial charge in [-0.25, -0.2) is 4.98 Å². The zero-order valence-corrected chi connectivity index (χ0v) is 12.8. The highest BCUT2D eigenvalue weighted by atomic mass is 79.9. The first-order valence-electron chi connectivity index (χ1n) is 5.81. The molecular weight excluding hydrogens is 328 g/mol. The molecule has 100 valence electrons. The molecule has 3 nitrogen and oxygen atoms in total. The zero-order chi connectivity index (χ0) is 13.8. The minimum absolute atomic E-state index is 0.0400. The second-order valence-corrected chi connectivity index (χ2v) is 5.63. The van der Waals surface area contributed by atoms with Gasteiger partial charge in [0.15, 0.2) is 0 Å². The first kappa shape index (κ1) is 14.3. The second kappa shape index (κ2) is 6.37. The van der Waals surface area contributed by atoms with Gasteiger partial charge in [-0.3, -0.25) is 0 Å². The maximum absolute atomic E-state index is 9.39. The first-order chi connectivity index (χ1) is 9.10. The molecule has 19 heavy (non-hydrogen) atoms. The molecule has 0 aliphatic heterocycles. The Hall–Kier alpha value is -1.10. The van der Waals surface area contributed by atoms with E-state index in [0.717, 1.165) is 26.4 Å². The average molecular weight is 342 g/mol. The van der Waals surface area contributed by atoms with Crippen molar-refractivity contribution in [2.24, 2.45) is 0 Å². The topological polar surface area (TPSA) is 36.4 Å². The maximum atomic E-state index is 9.39. The van der Waals surface area contributed by atoms with Crippen LogP contribution in [0.4, 0.5) is 5.82 Å². The molecule has 0 unspecified atom stereocenters. The van der Waals surface area contributed by atoms with E-state index in [4.69, 9.17) is 11.6 Å². The van der Waals surface area contributed by atoms with E-state index in [-0.39, 0.29) is 6.61 Å². The molecule has 2 rings (SSSR count). The molecule has 1 aromatic carbocycles. The lowest BCUT2D eigenvalue weighted by molar-refractivity contribution is 0.281. The third-order valence-electron chi connectivity index (χ3n) is 2.75. The van der Waals surface area contributed by atoms with Crippen LogP contribution in [0.2, 0.25) is 5.02 Å². The van der Waals surface area contributed by atoms with Gasteiger partial charge in [0, 0.05) is 34.8 Å². The number of hydrogen-bond acceptors (Lipinski definition) is 3. The summed E-state index contributed by atoms with van der Waals surface area (Å²) in [5.41, 5.74) is 1.89. The molecule has 1 aromatic heterocycles. The van der Waals surface area contributed by atoms with Crippen LogP contribution in [0.25, 0.3) is 0 Å². The van der Waals surface area contributed by atoms with Crippen LogP contribution in [0.1, 0.15) is 11.1 Å². The van der Waals surface area contributed by atoms with Gasteiger partial charge in [-0.15, -0.1) is 0 Å². The Morgan fingerprint density at radius 2 is 2.16 bits per heavy atom. The highest BCUT2D eigenvalue weighted by Gasteiger charge is 2.10. The van der Waals surface area contributed by atoms with Crippen LogP contribution in [0.15, 0.2) is 41.0 Å². The standard InChI is InChI=1S/C14H14BrClN2O/c1-18(8-10-3-2-4-13(16)5-10)14-11(9-19)6-12(15)7-17-14/h2-7,19H,8-9H2,1H3. The molecule has 0 saturated carbocycles. The van der Waals surface area contributed by atoms with Gasteiger partial charge >= 0.3 is 0 Å². The summed E-state index contributed by atoms with van der Waals surface area (Å²) in [6.07, 6.45) is 1.73. The Bertz CT molecular complexity index is 577. The van der Waals surface area contributed by atoms with E-state index >= 15 is 0 Å². The summed E-state index contributed by atoms with van der Waals surface area (Å²) in [7, 11) is 1.94. The minimum Gasteiger partial charge on any atom is -0.392 e. The number of benzene rings is 1. The van der Waals surface area contributed by atoms with Crippen molar-refractivity contribution >= 4 is 33.3 Å². The lowest BCUT2D eigenvalue weighted by atomic mass is 10.2. The van der Waals surface area contributed by atoms with E-state index in [9.17, 15) is 5.11 Å². The first-order valence-corrected chi connectivity index (χ1v) is 6.98.